The molecule has 0 spiro atoms. The molecular weight excluding hydrogens is 526 g/mol. The predicted octanol–water partition coefficient (Wildman–Crippen LogP) is 6.63. The van der Waals surface area contributed by atoms with Gasteiger partial charge in [-0.15, -0.1) is 0 Å². The van der Waals surface area contributed by atoms with Crippen LogP contribution in [0.4, 0.5) is 4.39 Å². The molecule has 3 heteroatoms. The molecule has 25 heavy (non-hydrogen) atoms. The van der Waals surface area contributed by atoms with Crippen LogP contribution < -0.4 is 0 Å². The summed E-state index contributed by atoms with van der Waals surface area (Å²) in [5.74, 6) is 2.68. The minimum absolute atomic E-state index is 0. The Morgan fingerprint density at radius 3 is 2.48 bits per heavy atom. The number of rotatable bonds is 0. The fourth-order valence-corrected chi connectivity index (χ4v) is 7.10. The van der Waals surface area contributed by atoms with Crippen molar-refractivity contribution < 1.29 is 53.6 Å². The smallest absolute Gasteiger partial charge is 0.0966 e. The minimum Gasteiger partial charge on any atom is -0.512 e. The third-order valence-electron chi connectivity index (χ3n) is 8.38. The normalized spacial score (nSPS) is 45.0. The number of hydrogen-bond acceptors (Lipinski definition) is 1. The number of allylic oxidation sites excluding steroid dienone is 6. The molecule has 0 aromatic rings. The van der Waals surface area contributed by atoms with Crippen LogP contribution in [0, 0.1) is 72.6 Å². The molecular formula is C22H31AcFO. The second kappa shape index (κ2) is 6.77. The van der Waals surface area contributed by atoms with Gasteiger partial charge in [0.05, 0.1) is 11.6 Å². The maximum atomic E-state index is 14.1. The zero-order valence-corrected chi connectivity index (χ0v) is 20.9. The zero-order valence-electron chi connectivity index (χ0n) is 16.2. The summed E-state index contributed by atoms with van der Waals surface area (Å²) in [6, 6.07) is 0. The van der Waals surface area contributed by atoms with Crippen molar-refractivity contribution in [2.24, 2.45) is 28.6 Å². The van der Waals surface area contributed by atoms with Crippen LogP contribution in [0.5, 0.6) is 0 Å². The largest absolute Gasteiger partial charge is 0.512 e. The second-order valence-electron chi connectivity index (χ2n) is 9.23. The molecule has 0 amide bonds. The molecule has 0 aliphatic heterocycles. The monoisotopic (exact) mass is 557 g/mol. The van der Waals surface area contributed by atoms with Gasteiger partial charge >= 0.3 is 0 Å². The molecule has 135 valence electrons. The van der Waals surface area contributed by atoms with Gasteiger partial charge in [-0.25, -0.2) is 4.39 Å². The molecule has 2 fully saturated rings. The van der Waals surface area contributed by atoms with Crippen molar-refractivity contribution in [1.29, 1.82) is 0 Å². The number of aliphatic hydroxyl groups excluding tert-OH is 1. The van der Waals surface area contributed by atoms with Crippen LogP contribution in [-0.4, -0.2) is 5.11 Å². The number of hydrogen-bond donors (Lipinski definition) is 1. The Morgan fingerprint density at radius 2 is 1.80 bits per heavy atom. The molecule has 5 unspecified atom stereocenters. The zero-order chi connectivity index (χ0) is 17.3. The molecule has 1 N–H and O–H groups in total. The molecule has 4 rings (SSSR count). The summed E-state index contributed by atoms with van der Waals surface area (Å²) in [4.78, 5) is 0. The molecule has 1 radical (unpaired) electrons. The van der Waals surface area contributed by atoms with Crippen LogP contribution in [0.15, 0.2) is 34.4 Å². The van der Waals surface area contributed by atoms with Gasteiger partial charge in [0.2, 0.25) is 0 Å². The standard InChI is InChI=1S/C22H31FO.Ac/c1-13-16-6-5-15-18-8-7-17(14(2)23)22(18,4)11-9-19(15)21(16,3)12-10-20(13)24;/h6,15,18-19,24H,5,7-12H2,1-4H3;/b17-14+;. The van der Waals surface area contributed by atoms with Crippen molar-refractivity contribution in [2.75, 3.05) is 0 Å². The van der Waals surface area contributed by atoms with Crippen LogP contribution >= 0.6 is 0 Å². The third kappa shape index (κ3) is 2.77. The first kappa shape index (κ1) is 20.1. The fraction of sp³-hybridized carbons (Fsp3) is 0.727. The summed E-state index contributed by atoms with van der Waals surface area (Å²) in [7, 11) is 0. The van der Waals surface area contributed by atoms with Crippen molar-refractivity contribution >= 4 is 0 Å². The molecule has 0 heterocycles. The predicted molar refractivity (Wildman–Crippen MR) is 96.2 cm³/mol. The van der Waals surface area contributed by atoms with E-state index in [1.807, 2.05) is 0 Å². The number of fused-ring (bicyclic) bond motifs is 5. The molecule has 0 bridgehead atoms. The Morgan fingerprint density at radius 1 is 1.12 bits per heavy atom. The molecule has 0 saturated heterocycles. The summed E-state index contributed by atoms with van der Waals surface area (Å²) >= 11 is 0. The Labute approximate surface area is 187 Å². The molecule has 1 nitrogen and oxygen atoms in total. The Kier molecular flexibility index (Phi) is 5.45. The number of halogens is 1. The maximum Gasteiger partial charge on any atom is 0.0966 e. The SMILES string of the molecule is CC1=C(O)CCC2(C)C1=CCC1C2CCC2(C)/C(=C(\C)F)CCC12.[Ac]. The van der Waals surface area contributed by atoms with Crippen LogP contribution in [-0.2, 0) is 0 Å². The van der Waals surface area contributed by atoms with Crippen LogP contribution in [0.3, 0.4) is 0 Å². The van der Waals surface area contributed by atoms with Crippen LogP contribution in [0.1, 0.15) is 72.6 Å². The summed E-state index contributed by atoms with van der Waals surface area (Å²) in [5, 5.41) is 10.2. The summed E-state index contributed by atoms with van der Waals surface area (Å²) in [6.45, 7) is 8.51. The first-order valence-electron chi connectivity index (χ1n) is 9.74. The van der Waals surface area contributed by atoms with Gasteiger partial charge in [0, 0.05) is 50.5 Å². The average Bonchev–Trinajstić information content (AvgIpc) is 2.89. The number of aliphatic hydroxyl groups is 1. The summed E-state index contributed by atoms with van der Waals surface area (Å²) < 4.78 is 14.1. The molecule has 2 saturated carbocycles. The molecule has 4 aliphatic carbocycles. The van der Waals surface area contributed by atoms with Crippen molar-refractivity contribution in [3.8, 4) is 0 Å². The van der Waals surface area contributed by atoms with E-state index in [0.717, 1.165) is 49.7 Å². The van der Waals surface area contributed by atoms with Gasteiger partial charge in [0.1, 0.15) is 0 Å². The van der Waals surface area contributed by atoms with Gasteiger partial charge < -0.3 is 5.11 Å². The quantitative estimate of drug-likeness (QED) is 0.355. The van der Waals surface area contributed by atoms with Gasteiger partial charge in [0.25, 0.3) is 0 Å². The van der Waals surface area contributed by atoms with E-state index in [4.69, 9.17) is 0 Å². The summed E-state index contributed by atoms with van der Waals surface area (Å²) in [6.07, 6.45) is 9.87. The van der Waals surface area contributed by atoms with E-state index in [-0.39, 0.29) is 60.7 Å². The molecule has 4 aliphatic rings. The molecule has 0 aromatic heterocycles. The van der Waals surface area contributed by atoms with E-state index >= 15 is 0 Å². The van der Waals surface area contributed by atoms with E-state index in [0.29, 0.717) is 23.5 Å². The third-order valence-corrected chi connectivity index (χ3v) is 8.38. The minimum atomic E-state index is 0. The fourth-order valence-electron chi connectivity index (χ4n) is 7.10. The van der Waals surface area contributed by atoms with Gasteiger partial charge in [-0.3, -0.25) is 0 Å². The van der Waals surface area contributed by atoms with Crippen molar-refractivity contribution in [3.63, 3.8) is 0 Å². The molecule has 5 atom stereocenters. The van der Waals surface area contributed by atoms with Gasteiger partial charge in [-0.1, -0.05) is 19.9 Å². The van der Waals surface area contributed by atoms with Gasteiger partial charge in [0.15, 0.2) is 0 Å². The van der Waals surface area contributed by atoms with Crippen molar-refractivity contribution in [3.05, 3.63) is 34.4 Å². The van der Waals surface area contributed by atoms with E-state index in [1.54, 1.807) is 6.92 Å². The Bertz CT molecular complexity index is 672. The average molecular weight is 557 g/mol. The van der Waals surface area contributed by atoms with E-state index in [1.165, 1.54) is 12.0 Å². The van der Waals surface area contributed by atoms with Crippen molar-refractivity contribution in [1.82, 2.24) is 0 Å². The van der Waals surface area contributed by atoms with Crippen LogP contribution in [0.25, 0.3) is 0 Å². The first-order valence-corrected chi connectivity index (χ1v) is 9.74. The van der Waals surface area contributed by atoms with E-state index < -0.39 is 0 Å². The van der Waals surface area contributed by atoms with E-state index in [9.17, 15) is 9.50 Å². The Hall–Kier alpha value is 0.392. The van der Waals surface area contributed by atoms with Crippen LogP contribution in [0.2, 0.25) is 0 Å². The van der Waals surface area contributed by atoms with Gasteiger partial charge in [-0.2, -0.15) is 0 Å². The summed E-state index contributed by atoms with van der Waals surface area (Å²) in [5.41, 5.74) is 3.94. The van der Waals surface area contributed by atoms with E-state index in [2.05, 4.69) is 26.8 Å². The topological polar surface area (TPSA) is 20.2 Å². The van der Waals surface area contributed by atoms with Crippen molar-refractivity contribution in [2.45, 2.75) is 72.6 Å². The second-order valence-corrected chi connectivity index (χ2v) is 9.23. The molecule has 0 aromatic carbocycles. The first-order chi connectivity index (χ1) is 11.3. The Balaban J connectivity index is 0.00000182. The maximum absolute atomic E-state index is 14.1. The van der Waals surface area contributed by atoms with Gasteiger partial charge in [-0.05, 0) is 97.7 Å².